The van der Waals surface area contributed by atoms with Gasteiger partial charge in [-0.05, 0) is 15.9 Å². The summed E-state index contributed by atoms with van der Waals surface area (Å²) >= 11 is 2.84. The van der Waals surface area contributed by atoms with Gasteiger partial charge in [0.05, 0.1) is 0 Å². The van der Waals surface area contributed by atoms with Crippen LogP contribution in [0.3, 0.4) is 0 Å². The van der Waals surface area contributed by atoms with E-state index in [1.165, 1.54) is 0 Å². The van der Waals surface area contributed by atoms with Crippen molar-refractivity contribution in [3.63, 3.8) is 0 Å². The van der Waals surface area contributed by atoms with E-state index in [0.29, 0.717) is 6.92 Å². The maximum atomic E-state index is 12.5. The van der Waals surface area contributed by atoms with Gasteiger partial charge in [-0.1, -0.05) is 0 Å². The third kappa shape index (κ3) is 1.88. The van der Waals surface area contributed by atoms with Crippen LogP contribution < -0.4 is 5.56 Å². The van der Waals surface area contributed by atoms with Gasteiger partial charge in [0, 0.05) is 13.1 Å². The van der Waals surface area contributed by atoms with Crippen LogP contribution in [0, 0.1) is 0 Å². The molecule has 1 N–H and O–H groups in total. The molecule has 1 aromatic rings. The summed E-state index contributed by atoms with van der Waals surface area (Å²) in [7, 11) is 0. The number of nitrogens with zero attached hydrogens (tertiary/aromatic N) is 1. The van der Waals surface area contributed by atoms with E-state index in [0.717, 1.165) is 6.20 Å². The molecule has 6 heteroatoms. The molecule has 0 radical (unpaired) electrons. The van der Waals surface area contributed by atoms with Crippen molar-refractivity contribution < 1.29 is 8.78 Å². The molecule has 0 aliphatic heterocycles. The van der Waals surface area contributed by atoms with Crippen LogP contribution in [-0.2, 0) is 5.92 Å². The highest BCUT2D eigenvalue weighted by Crippen LogP contribution is 2.22. The molecule has 0 amide bonds. The molecule has 12 heavy (non-hydrogen) atoms. The second kappa shape index (κ2) is 2.93. The minimum Gasteiger partial charge on any atom is -0.305 e. The molecule has 3 nitrogen and oxygen atoms in total. The first kappa shape index (κ1) is 9.31. The number of aromatic amines is 1. The van der Waals surface area contributed by atoms with E-state index < -0.39 is 17.3 Å². The standard InChI is InChI=1S/C6H5BrF2N2O/c1-6(8,9)5-10-2-3(7)4(12)11-5/h2H,1H3,(H,10,11,12). The van der Waals surface area contributed by atoms with Gasteiger partial charge in [0.15, 0.2) is 5.82 Å². The predicted octanol–water partition coefficient (Wildman–Crippen LogP) is 1.64. The van der Waals surface area contributed by atoms with Crippen LogP contribution in [0.15, 0.2) is 15.5 Å². The van der Waals surface area contributed by atoms with Crippen LogP contribution in [-0.4, -0.2) is 9.97 Å². The minimum atomic E-state index is -3.11. The Morgan fingerprint density at radius 2 is 2.25 bits per heavy atom. The zero-order valence-corrected chi connectivity index (χ0v) is 7.65. The first-order chi connectivity index (χ1) is 5.41. The van der Waals surface area contributed by atoms with Crippen LogP contribution in [0.2, 0.25) is 0 Å². The van der Waals surface area contributed by atoms with Gasteiger partial charge in [0.1, 0.15) is 4.47 Å². The molecule has 0 aliphatic carbocycles. The molecular weight excluding hydrogens is 234 g/mol. The average molecular weight is 239 g/mol. The number of nitrogens with one attached hydrogen (secondary N) is 1. The van der Waals surface area contributed by atoms with Gasteiger partial charge in [0.2, 0.25) is 0 Å². The third-order valence-electron chi connectivity index (χ3n) is 1.17. The van der Waals surface area contributed by atoms with Gasteiger partial charge in [-0.15, -0.1) is 0 Å². The molecule has 0 bridgehead atoms. The summed E-state index contributed by atoms with van der Waals surface area (Å²) in [6.07, 6.45) is 1.05. The minimum absolute atomic E-state index is 0.135. The Bertz CT molecular complexity index is 344. The monoisotopic (exact) mass is 238 g/mol. The van der Waals surface area contributed by atoms with E-state index in [2.05, 4.69) is 20.9 Å². The van der Waals surface area contributed by atoms with E-state index in [-0.39, 0.29) is 4.47 Å². The lowest BCUT2D eigenvalue weighted by Crippen LogP contribution is -2.19. The first-order valence-corrected chi connectivity index (χ1v) is 3.83. The van der Waals surface area contributed by atoms with E-state index in [1.807, 2.05) is 4.98 Å². The van der Waals surface area contributed by atoms with Gasteiger partial charge in [-0.3, -0.25) is 4.79 Å². The van der Waals surface area contributed by atoms with Gasteiger partial charge in [-0.2, -0.15) is 8.78 Å². The Balaban J connectivity index is 3.23. The number of H-pyrrole nitrogens is 1. The molecule has 0 unspecified atom stereocenters. The maximum absolute atomic E-state index is 12.5. The molecule has 1 heterocycles. The lowest BCUT2D eigenvalue weighted by atomic mass is 10.3. The molecule has 1 aromatic heterocycles. The summed E-state index contributed by atoms with van der Waals surface area (Å²) in [5, 5.41) is 0. The smallest absolute Gasteiger partial charge is 0.302 e. The van der Waals surface area contributed by atoms with Crippen molar-refractivity contribution >= 4 is 15.9 Å². The lowest BCUT2D eigenvalue weighted by molar-refractivity contribution is 0.00737. The van der Waals surface area contributed by atoms with Crippen molar-refractivity contribution in [1.82, 2.24) is 9.97 Å². The first-order valence-electron chi connectivity index (χ1n) is 3.04. The van der Waals surface area contributed by atoms with Crippen molar-refractivity contribution in [2.24, 2.45) is 0 Å². The summed E-state index contributed by atoms with van der Waals surface area (Å²) < 4.78 is 25.2. The Hall–Kier alpha value is -0.780. The summed E-state index contributed by atoms with van der Waals surface area (Å²) in [6, 6.07) is 0. The van der Waals surface area contributed by atoms with Crippen LogP contribution >= 0.6 is 15.9 Å². The number of rotatable bonds is 1. The number of aromatic nitrogens is 2. The van der Waals surface area contributed by atoms with Crippen molar-refractivity contribution in [2.75, 3.05) is 0 Å². The highest BCUT2D eigenvalue weighted by Gasteiger charge is 2.27. The molecule has 0 saturated heterocycles. The molecule has 1 rings (SSSR count). The SMILES string of the molecule is CC(F)(F)c1ncc(Br)c(=O)[nH]1. The Kier molecular flexibility index (Phi) is 2.27. The quantitative estimate of drug-likeness (QED) is 0.809. The second-order valence-corrected chi connectivity index (χ2v) is 3.15. The van der Waals surface area contributed by atoms with Crippen LogP contribution in [0.4, 0.5) is 8.78 Å². The fourth-order valence-corrected chi connectivity index (χ4v) is 0.804. The van der Waals surface area contributed by atoms with Crippen molar-refractivity contribution in [3.05, 3.63) is 26.8 Å². The molecular formula is C6H5BrF2N2O. The summed E-state index contributed by atoms with van der Waals surface area (Å²) in [5.41, 5.74) is -0.610. The predicted molar refractivity (Wildman–Crippen MR) is 42.1 cm³/mol. The zero-order valence-electron chi connectivity index (χ0n) is 6.07. The fraction of sp³-hybridized carbons (Fsp3) is 0.333. The van der Waals surface area contributed by atoms with Crippen LogP contribution in [0.1, 0.15) is 12.7 Å². The molecule has 0 fully saturated rings. The molecule has 0 saturated carbocycles. The molecule has 0 spiro atoms. The Labute approximate surface area is 75.0 Å². The Morgan fingerprint density at radius 3 is 2.67 bits per heavy atom. The van der Waals surface area contributed by atoms with Crippen LogP contribution in [0.25, 0.3) is 0 Å². The highest BCUT2D eigenvalue weighted by atomic mass is 79.9. The number of halogens is 3. The summed E-state index contributed by atoms with van der Waals surface area (Å²) in [5.74, 6) is -3.74. The van der Waals surface area contributed by atoms with Gasteiger partial charge >= 0.3 is 5.92 Å². The van der Waals surface area contributed by atoms with Gasteiger partial charge in [0.25, 0.3) is 5.56 Å². The lowest BCUT2D eigenvalue weighted by Gasteiger charge is -2.07. The highest BCUT2D eigenvalue weighted by molar-refractivity contribution is 9.10. The normalized spacial score (nSPS) is 11.7. The topological polar surface area (TPSA) is 45.8 Å². The number of hydrogen-bond acceptors (Lipinski definition) is 2. The van der Waals surface area contributed by atoms with Gasteiger partial charge < -0.3 is 4.98 Å². The fourth-order valence-electron chi connectivity index (χ4n) is 0.602. The molecule has 66 valence electrons. The molecule has 0 atom stereocenters. The molecule has 0 aliphatic rings. The maximum Gasteiger partial charge on any atom is 0.302 e. The Morgan fingerprint density at radius 1 is 1.67 bits per heavy atom. The largest absolute Gasteiger partial charge is 0.305 e. The van der Waals surface area contributed by atoms with Crippen molar-refractivity contribution in [1.29, 1.82) is 0 Å². The van der Waals surface area contributed by atoms with E-state index in [9.17, 15) is 13.6 Å². The van der Waals surface area contributed by atoms with Crippen molar-refractivity contribution in [3.8, 4) is 0 Å². The number of alkyl halides is 2. The third-order valence-corrected chi connectivity index (χ3v) is 1.74. The van der Waals surface area contributed by atoms with E-state index in [4.69, 9.17) is 0 Å². The van der Waals surface area contributed by atoms with E-state index >= 15 is 0 Å². The van der Waals surface area contributed by atoms with E-state index in [1.54, 1.807) is 0 Å². The zero-order chi connectivity index (χ0) is 9.35. The average Bonchev–Trinajstić information content (AvgIpc) is 1.92. The van der Waals surface area contributed by atoms with Crippen molar-refractivity contribution in [2.45, 2.75) is 12.8 Å². The second-order valence-electron chi connectivity index (χ2n) is 2.30. The summed E-state index contributed by atoms with van der Waals surface area (Å²) in [4.78, 5) is 16.1. The molecule has 0 aromatic carbocycles. The van der Waals surface area contributed by atoms with Crippen LogP contribution in [0.5, 0.6) is 0 Å². The summed E-state index contributed by atoms with van der Waals surface area (Å²) in [6.45, 7) is 0.666. The van der Waals surface area contributed by atoms with Gasteiger partial charge in [-0.25, -0.2) is 4.98 Å². The number of hydrogen-bond donors (Lipinski definition) is 1.